The van der Waals surface area contributed by atoms with E-state index in [4.69, 9.17) is 14.5 Å². The number of benzene rings is 1. The number of ether oxygens (including phenoxy) is 2. The molecule has 1 saturated heterocycles. The van der Waals surface area contributed by atoms with Gasteiger partial charge >= 0.3 is 0 Å². The van der Waals surface area contributed by atoms with Gasteiger partial charge in [-0.2, -0.15) is 0 Å². The molecule has 162 valence electrons. The quantitative estimate of drug-likeness (QED) is 0.560. The van der Waals surface area contributed by atoms with Gasteiger partial charge in [0.2, 0.25) is 0 Å². The number of pyridine rings is 1. The van der Waals surface area contributed by atoms with Crippen LogP contribution in [0.25, 0.3) is 0 Å². The molecule has 8 heteroatoms. The first kappa shape index (κ1) is 21.4. The van der Waals surface area contributed by atoms with Gasteiger partial charge in [-0.15, -0.1) is 5.10 Å². The normalized spacial score (nSPS) is 16.3. The second-order valence-electron chi connectivity index (χ2n) is 7.32. The van der Waals surface area contributed by atoms with E-state index in [1.165, 1.54) is 5.56 Å². The summed E-state index contributed by atoms with van der Waals surface area (Å²) in [4.78, 5) is 20.2. The first-order chi connectivity index (χ1) is 15.2. The molecule has 0 spiro atoms. The molecule has 4 rings (SSSR count). The summed E-state index contributed by atoms with van der Waals surface area (Å²) < 4.78 is 15.4. The van der Waals surface area contributed by atoms with E-state index in [1.807, 2.05) is 49.1 Å². The maximum absolute atomic E-state index is 13.0. The van der Waals surface area contributed by atoms with E-state index in [1.54, 1.807) is 0 Å². The summed E-state index contributed by atoms with van der Waals surface area (Å²) in [5.41, 5.74) is 3.74. The van der Waals surface area contributed by atoms with Gasteiger partial charge in [-0.1, -0.05) is 29.6 Å². The standard InChI is InChI=1S/C23H26N4O3S/c1-3-19-22(31-26-25-19)23(28)27-12-13-30-21(15-27)20-7-5-6-17(24-20)14-16-8-10-18(11-9-16)29-4-2/h5-11,21H,3-4,12-15H2,1-2H3. The lowest BCUT2D eigenvalue weighted by molar-refractivity contribution is -0.0246. The number of morpholine rings is 1. The zero-order valence-electron chi connectivity index (χ0n) is 17.8. The Bertz CT molecular complexity index is 1020. The van der Waals surface area contributed by atoms with Gasteiger partial charge in [0.1, 0.15) is 16.7 Å². The Morgan fingerprint density at radius 1 is 1.23 bits per heavy atom. The first-order valence-electron chi connectivity index (χ1n) is 10.6. The van der Waals surface area contributed by atoms with Crippen LogP contribution in [0.3, 0.4) is 0 Å². The van der Waals surface area contributed by atoms with Crippen LogP contribution < -0.4 is 4.74 Å². The Labute approximate surface area is 186 Å². The number of rotatable bonds is 7. The SMILES string of the molecule is CCOc1ccc(Cc2cccc(C3CN(C(=O)c4snnc4CC)CCO3)n2)cc1. The molecule has 1 aromatic carbocycles. The Morgan fingerprint density at radius 3 is 2.84 bits per heavy atom. The molecular formula is C23H26N4O3S. The molecule has 1 aliphatic heterocycles. The van der Waals surface area contributed by atoms with Crippen molar-refractivity contribution in [2.75, 3.05) is 26.3 Å². The Morgan fingerprint density at radius 2 is 2.06 bits per heavy atom. The molecule has 3 heterocycles. The van der Waals surface area contributed by atoms with Crippen molar-refractivity contribution in [3.05, 3.63) is 70.0 Å². The molecule has 0 aliphatic carbocycles. The van der Waals surface area contributed by atoms with Crippen molar-refractivity contribution in [1.29, 1.82) is 0 Å². The lowest BCUT2D eigenvalue weighted by Crippen LogP contribution is -2.42. The molecule has 1 fully saturated rings. The summed E-state index contributed by atoms with van der Waals surface area (Å²) in [5, 5.41) is 4.06. The maximum Gasteiger partial charge on any atom is 0.267 e. The van der Waals surface area contributed by atoms with Crippen LogP contribution in [0.15, 0.2) is 42.5 Å². The van der Waals surface area contributed by atoms with Gasteiger partial charge in [0.05, 0.1) is 31.1 Å². The van der Waals surface area contributed by atoms with Gasteiger partial charge in [0, 0.05) is 18.7 Å². The molecular weight excluding hydrogens is 412 g/mol. The summed E-state index contributed by atoms with van der Waals surface area (Å²) in [6.45, 7) is 6.12. The Hall–Kier alpha value is -2.84. The Kier molecular flexibility index (Phi) is 6.89. The zero-order valence-corrected chi connectivity index (χ0v) is 18.6. The molecule has 0 N–H and O–H groups in total. The number of aryl methyl sites for hydroxylation is 1. The summed E-state index contributed by atoms with van der Waals surface area (Å²) in [7, 11) is 0. The Balaban J connectivity index is 1.45. The predicted molar refractivity (Wildman–Crippen MR) is 119 cm³/mol. The van der Waals surface area contributed by atoms with Gasteiger partial charge < -0.3 is 14.4 Å². The second kappa shape index (κ2) is 9.98. The highest BCUT2D eigenvalue weighted by atomic mass is 32.1. The number of hydrogen-bond donors (Lipinski definition) is 0. The molecule has 31 heavy (non-hydrogen) atoms. The summed E-state index contributed by atoms with van der Waals surface area (Å²) in [5.74, 6) is 0.849. The molecule has 2 aromatic heterocycles. The zero-order chi connectivity index (χ0) is 21.6. The fourth-order valence-corrected chi connectivity index (χ4v) is 4.33. The molecule has 0 saturated carbocycles. The van der Waals surface area contributed by atoms with Crippen LogP contribution in [-0.2, 0) is 17.6 Å². The van der Waals surface area contributed by atoms with Crippen LogP contribution in [0.1, 0.15) is 52.3 Å². The van der Waals surface area contributed by atoms with Crippen LogP contribution in [-0.4, -0.2) is 51.7 Å². The van der Waals surface area contributed by atoms with Gasteiger partial charge in [0.15, 0.2) is 0 Å². The van der Waals surface area contributed by atoms with E-state index in [0.717, 1.165) is 40.8 Å². The van der Waals surface area contributed by atoms with E-state index in [9.17, 15) is 4.79 Å². The van der Waals surface area contributed by atoms with Crippen LogP contribution in [0.2, 0.25) is 0 Å². The van der Waals surface area contributed by atoms with Crippen molar-refractivity contribution in [2.45, 2.75) is 32.8 Å². The summed E-state index contributed by atoms with van der Waals surface area (Å²) in [6.07, 6.45) is 1.17. The third-order valence-electron chi connectivity index (χ3n) is 5.22. The monoisotopic (exact) mass is 438 g/mol. The molecule has 3 aromatic rings. The predicted octanol–water partition coefficient (Wildman–Crippen LogP) is 3.70. The fraction of sp³-hybridized carbons (Fsp3) is 0.391. The van der Waals surface area contributed by atoms with Gasteiger partial charge in [-0.05, 0) is 54.7 Å². The highest BCUT2D eigenvalue weighted by Gasteiger charge is 2.29. The molecule has 0 radical (unpaired) electrons. The average molecular weight is 439 g/mol. The van der Waals surface area contributed by atoms with E-state index < -0.39 is 0 Å². The fourth-order valence-electron chi connectivity index (χ4n) is 3.61. The highest BCUT2D eigenvalue weighted by Crippen LogP contribution is 2.24. The molecule has 1 atom stereocenters. The van der Waals surface area contributed by atoms with E-state index in [-0.39, 0.29) is 12.0 Å². The molecule has 7 nitrogen and oxygen atoms in total. The van der Waals surface area contributed by atoms with E-state index in [0.29, 0.717) is 37.6 Å². The van der Waals surface area contributed by atoms with E-state index >= 15 is 0 Å². The number of carbonyl (C=O) groups excluding carboxylic acids is 1. The summed E-state index contributed by atoms with van der Waals surface area (Å²) >= 11 is 1.16. The van der Waals surface area contributed by atoms with Crippen molar-refractivity contribution in [1.82, 2.24) is 19.5 Å². The third-order valence-corrected chi connectivity index (χ3v) is 5.97. The van der Waals surface area contributed by atoms with Crippen molar-refractivity contribution < 1.29 is 14.3 Å². The number of hydrogen-bond acceptors (Lipinski definition) is 7. The third kappa shape index (κ3) is 5.08. The number of carbonyl (C=O) groups is 1. The van der Waals surface area contributed by atoms with Crippen LogP contribution in [0, 0.1) is 0 Å². The summed E-state index contributed by atoms with van der Waals surface area (Å²) in [6, 6.07) is 14.1. The number of nitrogens with zero attached hydrogens (tertiary/aromatic N) is 4. The topological polar surface area (TPSA) is 77.4 Å². The lowest BCUT2D eigenvalue weighted by Gasteiger charge is -2.32. The maximum atomic E-state index is 13.0. The number of aromatic nitrogens is 3. The minimum absolute atomic E-state index is 0.0225. The van der Waals surface area contributed by atoms with Gasteiger partial charge in [0.25, 0.3) is 5.91 Å². The first-order valence-corrected chi connectivity index (χ1v) is 11.3. The molecule has 1 aliphatic rings. The molecule has 1 unspecified atom stereocenters. The van der Waals surface area contributed by atoms with Crippen LogP contribution >= 0.6 is 11.5 Å². The minimum atomic E-state index is -0.246. The average Bonchev–Trinajstić information content (AvgIpc) is 3.29. The van der Waals surface area contributed by atoms with Gasteiger partial charge in [-0.3, -0.25) is 9.78 Å². The minimum Gasteiger partial charge on any atom is -0.494 e. The van der Waals surface area contributed by atoms with Crippen molar-refractivity contribution >= 4 is 17.4 Å². The molecule has 1 amide bonds. The van der Waals surface area contributed by atoms with Crippen molar-refractivity contribution in [3.8, 4) is 5.75 Å². The van der Waals surface area contributed by atoms with Crippen LogP contribution in [0.4, 0.5) is 0 Å². The van der Waals surface area contributed by atoms with Crippen LogP contribution in [0.5, 0.6) is 5.75 Å². The number of amides is 1. The largest absolute Gasteiger partial charge is 0.494 e. The second-order valence-corrected chi connectivity index (χ2v) is 8.07. The van der Waals surface area contributed by atoms with Gasteiger partial charge in [-0.25, -0.2) is 0 Å². The van der Waals surface area contributed by atoms with E-state index in [2.05, 4.69) is 21.7 Å². The lowest BCUT2D eigenvalue weighted by atomic mass is 10.1. The highest BCUT2D eigenvalue weighted by molar-refractivity contribution is 7.08. The van der Waals surface area contributed by atoms with Crippen molar-refractivity contribution in [2.24, 2.45) is 0 Å². The van der Waals surface area contributed by atoms with Crippen molar-refractivity contribution in [3.63, 3.8) is 0 Å². The smallest absolute Gasteiger partial charge is 0.267 e. The molecule has 0 bridgehead atoms.